The lowest BCUT2D eigenvalue weighted by Crippen LogP contribution is -2.13. The summed E-state index contributed by atoms with van der Waals surface area (Å²) in [4.78, 5) is 24.1. The molecule has 132 valence electrons. The topological polar surface area (TPSA) is 84.2 Å². The number of hydrogen-bond donors (Lipinski definition) is 3. The van der Waals surface area contributed by atoms with Crippen LogP contribution in [0.5, 0.6) is 0 Å². The summed E-state index contributed by atoms with van der Waals surface area (Å²) in [5, 5.41) is 5.71. The molecular weight excluding hydrogens is 314 g/mol. The third-order valence-corrected chi connectivity index (χ3v) is 3.80. The first-order valence-corrected chi connectivity index (χ1v) is 8.65. The van der Waals surface area contributed by atoms with Crippen molar-refractivity contribution >= 4 is 23.2 Å². The lowest BCUT2D eigenvalue weighted by Gasteiger charge is -2.09. The first-order valence-electron chi connectivity index (χ1n) is 8.65. The zero-order valence-electron chi connectivity index (χ0n) is 14.3. The van der Waals surface area contributed by atoms with Crippen LogP contribution >= 0.6 is 0 Å². The smallest absolute Gasteiger partial charge is 0.255 e. The number of rotatable bonds is 9. The molecule has 0 saturated carbocycles. The Morgan fingerprint density at radius 3 is 2.20 bits per heavy atom. The average molecular weight is 339 g/mol. The predicted octanol–water partition coefficient (Wildman–Crippen LogP) is 3.79. The van der Waals surface area contributed by atoms with Gasteiger partial charge in [-0.15, -0.1) is 0 Å². The summed E-state index contributed by atoms with van der Waals surface area (Å²) in [5.74, 6) is -0.191. The number of nitrogens with two attached hydrogens (primary N) is 1. The van der Waals surface area contributed by atoms with E-state index in [0.717, 1.165) is 25.7 Å². The third kappa shape index (κ3) is 6.77. The van der Waals surface area contributed by atoms with Gasteiger partial charge < -0.3 is 16.4 Å². The Balaban J connectivity index is 1.84. The molecule has 0 spiro atoms. The molecule has 0 aliphatic rings. The van der Waals surface area contributed by atoms with Gasteiger partial charge in [0.15, 0.2) is 0 Å². The second kappa shape index (κ2) is 10.3. The fourth-order valence-electron chi connectivity index (χ4n) is 2.47. The maximum atomic E-state index is 12.2. The fourth-order valence-corrected chi connectivity index (χ4v) is 2.47. The van der Waals surface area contributed by atoms with Gasteiger partial charge in [0.2, 0.25) is 5.91 Å². The van der Waals surface area contributed by atoms with Crippen molar-refractivity contribution in [1.29, 1.82) is 0 Å². The van der Waals surface area contributed by atoms with Gasteiger partial charge in [0, 0.05) is 23.4 Å². The monoisotopic (exact) mass is 339 g/mol. The van der Waals surface area contributed by atoms with Crippen LogP contribution in [-0.2, 0) is 4.79 Å². The zero-order valence-corrected chi connectivity index (χ0v) is 14.3. The summed E-state index contributed by atoms with van der Waals surface area (Å²) in [6.45, 7) is 0.702. The van der Waals surface area contributed by atoms with Crippen molar-refractivity contribution in [3.63, 3.8) is 0 Å². The fraction of sp³-hybridized carbons (Fsp3) is 0.300. The Kier molecular flexibility index (Phi) is 7.66. The first-order chi connectivity index (χ1) is 12.2. The minimum Gasteiger partial charge on any atom is -0.330 e. The van der Waals surface area contributed by atoms with Crippen LogP contribution in [0.3, 0.4) is 0 Å². The quantitative estimate of drug-likeness (QED) is 0.608. The van der Waals surface area contributed by atoms with Gasteiger partial charge in [-0.2, -0.15) is 0 Å². The molecule has 0 bridgehead atoms. The van der Waals surface area contributed by atoms with E-state index >= 15 is 0 Å². The van der Waals surface area contributed by atoms with E-state index in [1.54, 1.807) is 30.3 Å². The molecule has 0 atom stereocenters. The Labute approximate surface area is 148 Å². The highest BCUT2D eigenvalue weighted by Gasteiger charge is 2.07. The lowest BCUT2D eigenvalue weighted by atomic mass is 10.1. The van der Waals surface area contributed by atoms with Crippen LogP contribution in [0.25, 0.3) is 0 Å². The summed E-state index contributed by atoms with van der Waals surface area (Å²) in [6, 6.07) is 16.2. The van der Waals surface area contributed by atoms with Crippen molar-refractivity contribution in [2.45, 2.75) is 32.1 Å². The number of hydrogen-bond acceptors (Lipinski definition) is 3. The van der Waals surface area contributed by atoms with Gasteiger partial charge in [-0.3, -0.25) is 9.59 Å². The largest absolute Gasteiger partial charge is 0.330 e. The number of nitrogens with one attached hydrogen (secondary N) is 2. The summed E-state index contributed by atoms with van der Waals surface area (Å²) in [6.07, 6.45) is 4.43. The highest BCUT2D eigenvalue weighted by atomic mass is 16.2. The zero-order chi connectivity index (χ0) is 17.9. The van der Waals surface area contributed by atoms with Crippen molar-refractivity contribution in [2.75, 3.05) is 17.2 Å². The number of amides is 2. The molecule has 0 fully saturated rings. The second-order valence-corrected chi connectivity index (χ2v) is 5.90. The number of carbonyl (C=O) groups is 2. The molecule has 0 heterocycles. The van der Waals surface area contributed by atoms with Crippen LogP contribution in [0.4, 0.5) is 11.4 Å². The standard InChI is InChI=1S/C20H25N3O2/c21-14-7-2-1-6-13-19(24)22-17-11-8-12-18(15-17)23-20(25)16-9-4-3-5-10-16/h3-5,8-12,15H,1-2,6-7,13-14,21H2,(H,22,24)(H,23,25). The van der Waals surface area contributed by atoms with Crippen molar-refractivity contribution < 1.29 is 9.59 Å². The molecule has 2 aromatic carbocycles. The highest BCUT2D eigenvalue weighted by molar-refractivity contribution is 6.04. The summed E-state index contributed by atoms with van der Waals surface area (Å²) >= 11 is 0. The van der Waals surface area contributed by atoms with E-state index in [2.05, 4.69) is 10.6 Å². The van der Waals surface area contributed by atoms with Crippen LogP contribution < -0.4 is 16.4 Å². The normalized spacial score (nSPS) is 10.3. The molecule has 0 aromatic heterocycles. The minimum atomic E-state index is -0.177. The Morgan fingerprint density at radius 1 is 0.800 bits per heavy atom. The molecule has 5 heteroatoms. The Bertz CT molecular complexity index is 686. The number of carbonyl (C=O) groups excluding carboxylic acids is 2. The molecule has 0 aliphatic heterocycles. The predicted molar refractivity (Wildman–Crippen MR) is 102 cm³/mol. The second-order valence-electron chi connectivity index (χ2n) is 5.90. The summed E-state index contributed by atoms with van der Waals surface area (Å²) < 4.78 is 0. The van der Waals surface area contributed by atoms with E-state index in [9.17, 15) is 9.59 Å². The number of unbranched alkanes of at least 4 members (excludes halogenated alkanes) is 3. The van der Waals surface area contributed by atoms with E-state index in [0.29, 0.717) is 29.9 Å². The SMILES string of the molecule is NCCCCCCC(=O)Nc1cccc(NC(=O)c2ccccc2)c1. The first kappa shape index (κ1) is 18.7. The molecule has 25 heavy (non-hydrogen) atoms. The van der Waals surface area contributed by atoms with Gasteiger partial charge in [-0.25, -0.2) is 0 Å². The highest BCUT2D eigenvalue weighted by Crippen LogP contribution is 2.17. The average Bonchev–Trinajstić information content (AvgIpc) is 2.62. The van der Waals surface area contributed by atoms with Crippen molar-refractivity contribution in [1.82, 2.24) is 0 Å². The van der Waals surface area contributed by atoms with Gasteiger partial charge in [-0.05, 0) is 49.7 Å². The molecule has 4 N–H and O–H groups in total. The molecule has 5 nitrogen and oxygen atoms in total. The molecular formula is C20H25N3O2. The van der Waals surface area contributed by atoms with E-state index < -0.39 is 0 Å². The van der Waals surface area contributed by atoms with Crippen molar-refractivity contribution in [2.24, 2.45) is 5.73 Å². The number of benzene rings is 2. The van der Waals surface area contributed by atoms with Gasteiger partial charge in [0.05, 0.1) is 0 Å². The van der Waals surface area contributed by atoms with Crippen LogP contribution in [-0.4, -0.2) is 18.4 Å². The molecule has 2 rings (SSSR count). The Hall–Kier alpha value is -2.66. The van der Waals surface area contributed by atoms with Crippen LogP contribution in [0.15, 0.2) is 54.6 Å². The molecule has 2 aromatic rings. The van der Waals surface area contributed by atoms with Crippen LogP contribution in [0, 0.1) is 0 Å². The summed E-state index contributed by atoms with van der Waals surface area (Å²) in [7, 11) is 0. The van der Waals surface area contributed by atoms with E-state index in [-0.39, 0.29) is 11.8 Å². The number of anilines is 2. The summed E-state index contributed by atoms with van der Waals surface area (Å²) in [5.41, 5.74) is 7.37. The van der Waals surface area contributed by atoms with Crippen molar-refractivity contribution in [3.05, 3.63) is 60.2 Å². The molecule has 0 radical (unpaired) electrons. The van der Waals surface area contributed by atoms with Crippen LogP contribution in [0.1, 0.15) is 42.5 Å². The molecule has 2 amide bonds. The van der Waals surface area contributed by atoms with Gasteiger partial charge >= 0.3 is 0 Å². The minimum absolute atomic E-state index is 0.0146. The molecule has 0 saturated heterocycles. The maximum Gasteiger partial charge on any atom is 0.255 e. The molecule has 0 unspecified atom stereocenters. The van der Waals surface area contributed by atoms with E-state index in [4.69, 9.17) is 5.73 Å². The lowest BCUT2D eigenvalue weighted by molar-refractivity contribution is -0.116. The van der Waals surface area contributed by atoms with Crippen LogP contribution in [0.2, 0.25) is 0 Å². The van der Waals surface area contributed by atoms with E-state index in [1.165, 1.54) is 0 Å². The van der Waals surface area contributed by atoms with Gasteiger partial charge in [-0.1, -0.05) is 37.1 Å². The Morgan fingerprint density at radius 2 is 1.48 bits per heavy atom. The van der Waals surface area contributed by atoms with Gasteiger partial charge in [0.1, 0.15) is 0 Å². The molecule has 0 aliphatic carbocycles. The third-order valence-electron chi connectivity index (χ3n) is 3.80. The van der Waals surface area contributed by atoms with E-state index in [1.807, 2.05) is 24.3 Å². The van der Waals surface area contributed by atoms with Crippen molar-refractivity contribution in [3.8, 4) is 0 Å². The maximum absolute atomic E-state index is 12.2. The van der Waals surface area contributed by atoms with Gasteiger partial charge in [0.25, 0.3) is 5.91 Å².